The third-order valence-corrected chi connectivity index (χ3v) is 16.7. The Morgan fingerprint density at radius 3 is 1.82 bits per heavy atom. The van der Waals surface area contributed by atoms with Crippen LogP contribution in [0.2, 0.25) is 0 Å². The van der Waals surface area contributed by atoms with Crippen LogP contribution in [0.5, 0.6) is 0 Å². The Bertz CT molecular complexity index is 3760. The van der Waals surface area contributed by atoms with Gasteiger partial charge in [0.2, 0.25) is 0 Å². The van der Waals surface area contributed by atoms with E-state index < -0.39 is 0 Å². The summed E-state index contributed by atoms with van der Waals surface area (Å²) in [5, 5.41) is 32.8. The highest BCUT2D eigenvalue weighted by Crippen LogP contribution is 2.85. The second kappa shape index (κ2) is 5.98. The van der Waals surface area contributed by atoms with Gasteiger partial charge in [-0.2, -0.15) is 0 Å². The molecule has 0 amide bonds. The van der Waals surface area contributed by atoms with Gasteiger partial charge in [-0.05, 0) is 189 Å². The molecule has 0 aromatic heterocycles. The predicted octanol–water partition coefficient (Wildman–Crippen LogP) is 12.5. The summed E-state index contributed by atoms with van der Waals surface area (Å²) in [5.41, 5.74) is 16.5. The highest BCUT2D eigenvalue weighted by molar-refractivity contribution is 6.64. The molecule has 50 heavy (non-hydrogen) atoms. The summed E-state index contributed by atoms with van der Waals surface area (Å²) in [6, 6.07) is 22.7. The molecule has 12 aromatic rings. The minimum Gasteiger partial charge on any atom is -0.0682 e. The van der Waals surface area contributed by atoms with Crippen molar-refractivity contribution in [1.82, 2.24) is 0 Å². The zero-order valence-electron chi connectivity index (χ0n) is 27.6. The number of hydrogen-bond acceptors (Lipinski definition) is 0. The molecule has 0 nitrogen and oxygen atoms in total. The molecule has 226 valence electrons. The van der Waals surface area contributed by atoms with Crippen molar-refractivity contribution in [3.63, 3.8) is 0 Å². The molecule has 0 radical (unpaired) electrons. The van der Waals surface area contributed by atoms with Gasteiger partial charge in [-0.15, -0.1) is 0 Å². The van der Waals surface area contributed by atoms with Crippen LogP contribution >= 0.6 is 0 Å². The van der Waals surface area contributed by atoms with Gasteiger partial charge < -0.3 is 0 Å². The molecule has 1 saturated carbocycles. The third kappa shape index (κ3) is 1.61. The van der Waals surface area contributed by atoms with Crippen molar-refractivity contribution in [2.24, 2.45) is 0 Å². The van der Waals surface area contributed by atoms with Crippen molar-refractivity contribution < 1.29 is 0 Å². The Morgan fingerprint density at radius 2 is 1.10 bits per heavy atom. The smallest absolute Gasteiger partial charge is 0.0331 e. The lowest BCUT2D eigenvalue weighted by Gasteiger charge is -2.25. The van der Waals surface area contributed by atoms with Crippen molar-refractivity contribution >= 4 is 113 Å². The molecule has 6 aliphatic rings. The molecule has 12 aromatic carbocycles. The quantitative estimate of drug-likeness (QED) is 0.171. The molecule has 1 spiro atoms. The van der Waals surface area contributed by atoms with Crippen LogP contribution in [0.4, 0.5) is 0 Å². The normalized spacial score (nSPS) is 25.0. The van der Waals surface area contributed by atoms with Crippen LogP contribution in [0, 0.1) is 0 Å². The monoisotopic (exact) mass is 626 g/mol. The molecule has 0 aliphatic heterocycles. The van der Waals surface area contributed by atoms with E-state index in [0.717, 1.165) is 19.3 Å². The highest BCUT2D eigenvalue weighted by Gasteiger charge is 2.79. The van der Waals surface area contributed by atoms with Crippen molar-refractivity contribution in [3.8, 4) is 0 Å². The average molecular weight is 627 g/mol. The van der Waals surface area contributed by atoms with Crippen molar-refractivity contribution in [2.45, 2.75) is 62.2 Å². The van der Waals surface area contributed by atoms with E-state index in [-0.39, 0.29) is 10.8 Å². The van der Waals surface area contributed by atoms with E-state index >= 15 is 0 Å². The van der Waals surface area contributed by atoms with Crippen LogP contribution in [0.3, 0.4) is 0 Å². The Labute approximate surface area is 285 Å². The summed E-state index contributed by atoms with van der Waals surface area (Å²) < 4.78 is 0. The first-order valence-corrected chi connectivity index (χ1v) is 19.3. The van der Waals surface area contributed by atoms with Gasteiger partial charge in [0.25, 0.3) is 0 Å². The molecule has 0 saturated heterocycles. The number of allylic oxidation sites excluding steroid dienone is 2. The van der Waals surface area contributed by atoms with Crippen LogP contribution in [-0.2, 0) is 30.1 Å². The lowest BCUT2D eigenvalue weighted by atomic mass is 9.77. The molecule has 1 fully saturated rings. The first kappa shape index (κ1) is 22.5. The standard InChI is InChI=1S/C50H26/c1-2-3-9-49(25-7-5-4-6-8-25)48-26-16-23-14-20-12-21-11-18-10-19-13-22-15-24-17-50(48,49)47-33(24)38-32(22)37-28(19)27(18)35-31(21)36-29(20)30(23)39-34(26)46(47)45-43(38)41(37)40(35)42(36)44(39)45/h4-8,11,13-14,16-17,48H,2-3,9-10,12,15H2,1H3. The summed E-state index contributed by atoms with van der Waals surface area (Å²) in [5.74, 6) is 0.489. The summed E-state index contributed by atoms with van der Waals surface area (Å²) in [6.45, 7) is 2.40. The molecule has 6 aliphatic carbocycles. The second-order valence-corrected chi connectivity index (χ2v) is 17.9. The highest BCUT2D eigenvalue weighted by atomic mass is 14.8. The molecule has 18 rings (SSSR count). The SMILES string of the molecule is CCCCC1(c2ccccc2)C2c3cc4cc5c6c4c4c3c3c7c8c9c%10c(cc%11c%12c%13c(cc(c%14c%13c%13c(c%12%10)c9c3c4c%13c6%14)C5)C%11)CC8=CC721. The largest absolute Gasteiger partial charge is 0.0682 e. The van der Waals surface area contributed by atoms with Crippen molar-refractivity contribution in [1.29, 1.82) is 0 Å². The van der Waals surface area contributed by atoms with Gasteiger partial charge in [-0.3, -0.25) is 0 Å². The van der Waals surface area contributed by atoms with Gasteiger partial charge >= 0.3 is 0 Å². The van der Waals surface area contributed by atoms with Crippen LogP contribution in [0.25, 0.3) is 113 Å². The molecule has 0 heterocycles. The number of rotatable bonds is 4. The van der Waals surface area contributed by atoms with Crippen LogP contribution < -0.4 is 0 Å². The Morgan fingerprint density at radius 1 is 0.540 bits per heavy atom. The van der Waals surface area contributed by atoms with Crippen molar-refractivity contribution in [3.05, 3.63) is 111 Å². The predicted molar refractivity (Wildman–Crippen MR) is 209 cm³/mol. The van der Waals surface area contributed by atoms with Gasteiger partial charge in [-0.1, -0.05) is 80.4 Å². The van der Waals surface area contributed by atoms with E-state index in [1.54, 1.807) is 158 Å². The second-order valence-electron chi connectivity index (χ2n) is 17.9. The summed E-state index contributed by atoms with van der Waals surface area (Å²) in [7, 11) is 0. The fourth-order valence-corrected chi connectivity index (χ4v) is 15.8. The van der Waals surface area contributed by atoms with Crippen molar-refractivity contribution in [2.75, 3.05) is 0 Å². The fourth-order valence-electron chi connectivity index (χ4n) is 15.8. The lowest BCUT2D eigenvalue weighted by Crippen LogP contribution is -2.20. The van der Waals surface area contributed by atoms with E-state index in [4.69, 9.17) is 0 Å². The first-order chi connectivity index (χ1) is 24.8. The molecule has 3 unspecified atom stereocenters. The third-order valence-electron chi connectivity index (χ3n) is 16.7. The summed E-state index contributed by atoms with van der Waals surface area (Å²) >= 11 is 0. The van der Waals surface area contributed by atoms with Crippen LogP contribution in [-0.4, -0.2) is 0 Å². The number of hydrogen-bond donors (Lipinski definition) is 0. The van der Waals surface area contributed by atoms with E-state index in [0.29, 0.717) is 5.92 Å². The molecule has 0 heteroatoms. The Hall–Kier alpha value is -5.20. The fraction of sp³-hybridized carbons (Fsp3) is 0.200. The van der Waals surface area contributed by atoms with Gasteiger partial charge in [0.1, 0.15) is 0 Å². The van der Waals surface area contributed by atoms with Gasteiger partial charge in [0.15, 0.2) is 0 Å². The topological polar surface area (TPSA) is 0 Å². The molecule has 0 N–H and O–H groups in total. The van der Waals surface area contributed by atoms with E-state index in [2.05, 4.69) is 67.6 Å². The van der Waals surface area contributed by atoms with Gasteiger partial charge in [0.05, 0.1) is 0 Å². The minimum atomic E-state index is 0.0325. The average Bonchev–Trinajstić information content (AvgIpc) is 3.81. The summed E-state index contributed by atoms with van der Waals surface area (Å²) in [6.07, 6.45) is 9.97. The Balaban J connectivity index is 1.25. The zero-order chi connectivity index (χ0) is 31.2. The van der Waals surface area contributed by atoms with Gasteiger partial charge in [-0.25, -0.2) is 0 Å². The Kier molecular flexibility index (Phi) is 2.69. The first-order valence-electron chi connectivity index (χ1n) is 19.3. The molecule has 3 atom stereocenters. The molecular formula is C50H26. The minimum absolute atomic E-state index is 0.0325. The van der Waals surface area contributed by atoms with E-state index in [1.165, 1.54) is 24.6 Å². The number of unbranched alkanes of at least 4 members (excludes halogenated alkanes) is 1. The lowest BCUT2D eigenvalue weighted by molar-refractivity contribution is 0.525. The van der Waals surface area contributed by atoms with E-state index in [9.17, 15) is 0 Å². The maximum absolute atomic E-state index is 2.92. The van der Waals surface area contributed by atoms with Gasteiger partial charge in [0, 0.05) is 16.7 Å². The van der Waals surface area contributed by atoms with Crippen LogP contribution in [0.1, 0.15) is 82.2 Å². The number of fused-ring (bicyclic) bond motifs is 1. The maximum atomic E-state index is 2.92. The molecule has 0 bridgehead atoms. The number of benzene rings is 8. The van der Waals surface area contributed by atoms with Crippen LogP contribution in [0.15, 0.2) is 60.7 Å². The zero-order valence-corrected chi connectivity index (χ0v) is 27.6. The molecular weight excluding hydrogens is 601 g/mol. The van der Waals surface area contributed by atoms with E-state index in [1.807, 2.05) is 0 Å². The summed E-state index contributed by atoms with van der Waals surface area (Å²) in [4.78, 5) is 0. The maximum Gasteiger partial charge on any atom is 0.0331 e.